The SMILES string of the molecule is Cc1ccc(S(=O)(=O)n2cc(-c3ncc(F)c(N[C@@H]4CCC[C@H](OC(=O)O[C@H]5CCC[C@@H](Nc6nc(-c7cn(S(=O)(=O)c8ccc(C)cc8)c8ncc(F)cc78)ncc6F)C5)C4)n3)c3cc(F)cnc32)cc1. The number of fused-ring (bicyclic) bond motifs is 2. The molecule has 2 aliphatic rings. The third kappa shape index (κ3) is 9.64. The van der Waals surface area contributed by atoms with Crippen molar-refractivity contribution in [2.24, 2.45) is 0 Å². The molecule has 0 bridgehead atoms. The van der Waals surface area contributed by atoms with E-state index in [1.807, 2.05) is 13.8 Å². The normalized spacial score (nSPS) is 18.5. The highest BCUT2D eigenvalue weighted by molar-refractivity contribution is 7.90. The lowest BCUT2D eigenvalue weighted by atomic mass is 9.92. The summed E-state index contributed by atoms with van der Waals surface area (Å²) in [5, 5.41) is 6.33. The maximum Gasteiger partial charge on any atom is 0.508 e. The smallest absolute Gasteiger partial charge is 0.431 e. The summed E-state index contributed by atoms with van der Waals surface area (Å²) in [7, 11) is -8.41. The van der Waals surface area contributed by atoms with Gasteiger partial charge >= 0.3 is 6.16 Å². The lowest BCUT2D eigenvalue weighted by Crippen LogP contribution is -2.36. The molecule has 6 aromatic heterocycles. The number of nitrogens with one attached hydrogen (secondary N) is 2. The highest BCUT2D eigenvalue weighted by atomic mass is 32.2. The summed E-state index contributed by atoms with van der Waals surface area (Å²) < 4.78 is 128. The van der Waals surface area contributed by atoms with E-state index in [4.69, 9.17) is 9.47 Å². The molecule has 4 atom stereocenters. The zero-order valence-electron chi connectivity index (χ0n) is 38.5. The van der Waals surface area contributed by atoms with E-state index >= 15 is 8.78 Å². The molecule has 0 unspecified atom stereocenters. The van der Waals surface area contributed by atoms with E-state index in [1.54, 1.807) is 24.3 Å². The summed E-state index contributed by atoms with van der Waals surface area (Å²) in [4.78, 5) is 38.3. The predicted octanol–water partition coefficient (Wildman–Crippen LogP) is 9.25. The summed E-state index contributed by atoms with van der Waals surface area (Å²) in [6.45, 7) is 3.63. The van der Waals surface area contributed by atoms with Gasteiger partial charge in [0.05, 0.1) is 34.6 Å². The number of carbonyl (C=O) groups excluding carboxylic acids is 1. The highest BCUT2D eigenvalue weighted by Gasteiger charge is 2.32. The van der Waals surface area contributed by atoms with Crippen LogP contribution in [0.3, 0.4) is 0 Å². The van der Waals surface area contributed by atoms with E-state index in [9.17, 15) is 30.4 Å². The van der Waals surface area contributed by atoms with Crippen molar-refractivity contribution in [1.29, 1.82) is 0 Å². The molecule has 2 aliphatic carbocycles. The number of ether oxygens (including phenoxy) is 2. The van der Waals surface area contributed by atoms with Crippen LogP contribution < -0.4 is 10.6 Å². The van der Waals surface area contributed by atoms with Crippen LogP contribution in [0.4, 0.5) is 34.0 Å². The van der Waals surface area contributed by atoms with Gasteiger partial charge in [0.25, 0.3) is 20.0 Å². The molecule has 17 nitrogen and oxygen atoms in total. The molecule has 0 saturated heterocycles. The molecule has 10 rings (SSSR count). The molecule has 0 aliphatic heterocycles. The molecule has 2 saturated carbocycles. The first-order chi connectivity index (χ1) is 34.5. The quantitative estimate of drug-likeness (QED) is 0.0862. The molecule has 372 valence electrons. The summed E-state index contributed by atoms with van der Waals surface area (Å²) >= 11 is 0. The van der Waals surface area contributed by atoms with E-state index < -0.39 is 73.8 Å². The first kappa shape index (κ1) is 48.1. The average molecular weight is 1030 g/mol. The minimum absolute atomic E-state index is 0.0246. The van der Waals surface area contributed by atoms with Gasteiger partial charge in [-0.1, -0.05) is 35.4 Å². The van der Waals surface area contributed by atoms with Gasteiger partial charge in [-0.15, -0.1) is 0 Å². The Labute approximate surface area is 409 Å². The van der Waals surface area contributed by atoms with Crippen LogP contribution in [0.15, 0.2) is 108 Å². The van der Waals surface area contributed by atoms with E-state index in [1.165, 1.54) is 36.7 Å². The maximum absolute atomic E-state index is 15.4. The van der Waals surface area contributed by atoms with Gasteiger partial charge in [-0.2, -0.15) is 0 Å². The van der Waals surface area contributed by atoms with E-state index in [2.05, 4.69) is 40.5 Å². The molecular weight excluding hydrogens is 981 g/mol. The fourth-order valence-electron chi connectivity index (χ4n) is 9.13. The number of aryl methyl sites for hydroxylation is 2. The molecule has 2 aromatic carbocycles. The fourth-order valence-corrected chi connectivity index (χ4v) is 11.8. The van der Waals surface area contributed by atoms with E-state index in [0.29, 0.717) is 38.5 Å². The number of hydrogen-bond donors (Lipinski definition) is 2. The van der Waals surface area contributed by atoms with Crippen molar-refractivity contribution >= 4 is 59.9 Å². The summed E-state index contributed by atoms with van der Waals surface area (Å²) in [5.74, 6) is -3.64. The molecular formula is C49H44F4N10O7S2. The fraction of sp³-hybridized carbons (Fsp3) is 0.286. The van der Waals surface area contributed by atoms with Crippen molar-refractivity contribution in [1.82, 2.24) is 37.8 Å². The second-order valence-corrected chi connectivity index (χ2v) is 21.5. The zero-order valence-corrected chi connectivity index (χ0v) is 40.1. The van der Waals surface area contributed by atoms with Gasteiger partial charge in [0, 0.05) is 59.2 Å². The summed E-state index contributed by atoms with van der Waals surface area (Å²) in [6, 6.07) is 13.7. The van der Waals surface area contributed by atoms with Crippen LogP contribution in [-0.4, -0.2) is 85.1 Å². The highest BCUT2D eigenvalue weighted by Crippen LogP contribution is 2.35. The molecule has 72 heavy (non-hydrogen) atoms. The topological polar surface area (TPSA) is 215 Å². The zero-order chi connectivity index (χ0) is 50.5. The molecule has 0 amide bonds. The molecule has 23 heteroatoms. The number of aromatic nitrogens is 8. The van der Waals surface area contributed by atoms with E-state index in [-0.39, 0.29) is 79.1 Å². The van der Waals surface area contributed by atoms with E-state index in [0.717, 1.165) is 56.0 Å². The second-order valence-electron chi connectivity index (χ2n) is 17.9. The van der Waals surface area contributed by atoms with Crippen molar-refractivity contribution in [2.45, 2.75) is 99.3 Å². The minimum Gasteiger partial charge on any atom is -0.431 e. The number of benzene rings is 2. The lowest BCUT2D eigenvalue weighted by Gasteiger charge is -2.32. The largest absolute Gasteiger partial charge is 0.508 e. The van der Waals surface area contributed by atoms with Crippen LogP contribution in [0.25, 0.3) is 44.8 Å². The van der Waals surface area contributed by atoms with Gasteiger partial charge in [0.15, 0.2) is 46.2 Å². The van der Waals surface area contributed by atoms with Crippen molar-refractivity contribution in [3.05, 3.63) is 132 Å². The van der Waals surface area contributed by atoms with Gasteiger partial charge < -0.3 is 20.1 Å². The lowest BCUT2D eigenvalue weighted by molar-refractivity contribution is -0.0209. The Hall–Kier alpha value is -7.53. The number of carbonyl (C=O) groups is 1. The van der Waals surface area contributed by atoms with Gasteiger partial charge in [-0.25, -0.2) is 77.0 Å². The molecule has 6 heterocycles. The Morgan fingerprint density at radius 2 is 0.986 bits per heavy atom. The molecule has 0 radical (unpaired) electrons. The van der Waals surface area contributed by atoms with Gasteiger partial charge in [-0.3, -0.25) is 0 Å². The summed E-state index contributed by atoms with van der Waals surface area (Å²) in [6.07, 6.45) is 7.82. The molecule has 2 fully saturated rings. The van der Waals surface area contributed by atoms with Crippen LogP contribution in [0, 0.1) is 37.1 Å². The Balaban J connectivity index is 0.792. The van der Waals surface area contributed by atoms with Crippen LogP contribution in [0.2, 0.25) is 0 Å². The third-order valence-corrected chi connectivity index (χ3v) is 16.1. The first-order valence-electron chi connectivity index (χ1n) is 22.9. The number of halogens is 4. The van der Waals surface area contributed by atoms with Crippen LogP contribution in [-0.2, 0) is 29.5 Å². The second kappa shape index (κ2) is 19.2. The van der Waals surface area contributed by atoms with Crippen LogP contribution in [0.5, 0.6) is 0 Å². The minimum atomic E-state index is -4.21. The third-order valence-electron chi connectivity index (χ3n) is 12.7. The van der Waals surface area contributed by atoms with Crippen molar-refractivity contribution in [3.63, 3.8) is 0 Å². The van der Waals surface area contributed by atoms with Gasteiger partial charge in [0.2, 0.25) is 0 Å². The van der Waals surface area contributed by atoms with Crippen molar-refractivity contribution in [3.8, 4) is 22.8 Å². The molecule has 0 spiro atoms. The molecule has 8 aromatic rings. The average Bonchev–Trinajstić information content (AvgIpc) is 3.93. The Bertz CT molecular complexity index is 3380. The Kier molecular flexibility index (Phi) is 12.9. The van der Waals surface area contributed by atoms with Crippen molar-refractivity contribution < 1.29 is 48.7 Å². The Morgan fingerprint density at radius 3 is 1.39 bits per heavy atom. The maximum atomic E-state index is 15.4. The van der Waals surface area contributed by atoms with Gasteiger partial charge in [0.1, 0.15) is 23.8 Å². The monoisotopic (exact) mass is 1020 g/mol. The number of pyridine rings is 2. The number of rotatable bonds is 12. The van der Waals surface area contributed by atoms with Crippen molar-refractivity contribution in [2.75, 3.05) is 10.6 Å². The Morgan fingerprint density at radius 1 is 0.583 bits per heavy atom. The molecule has 2 N–H and O–H groups in total. The standard InChI is InChI=1S/C49H44F4N10O7S2/c1-27-9-13-35(14-10-27)71(65,66)62-25-39(37-17-29(50)21-56-47(37)62)43-54-23-41(52)45(60-43)58-31-5-3-7-33(19-31)69-49(64)70-34-8-4-6-32(20-34)59-46-42(53)24-55-44(61-46)40-26-63(48-38(40)18-30(51)22-57-48)72(67,68)36-15-11-28(2)12-16-36/h9-18,21-26,31-34H,3-8,19-20H2,1-2H3,(H,54,58,60)(H,55,59,61)/t31-,32-,33+,34+/m1/s1. The number of hydrogen-bond acceptors (Lipinski definition) is 15. The predicted molar refractivity (Wildman–Crippen MR) is 256 cm³/mol. The number of nitrogens with zero attached hydrogens (tertiary/aromatic N) is 8. The van der Waals surface area contributed by atoms with Crippen LogP contribution in [0.1, 0.15) is 62.5 Å². The van der Waals surface area contributed by atoms with Crippen LogP contribution >= 0.6 is 0 Å². The number of anilines is 2. The van der Waals surface area contributed by atoms with Gasteiger partial charge in [-0.05, 0) is 88.8 Å². The summed E-state index contributed by atoms with van der Waals surface area (Å²) in [5.41, 5.74) is 1.74. The first-order valence-corrected chi connectivity index (χ1v) is 25.8.